The molecule has 0 bridgehead atoms. The lowest BCUT2D eigenvalue weighted by Gasteiger charge is -2.12. The summed E-state index contributed by atoms with van der Waals surface area (Å²) in [6, 6.07) is 1.59. The van der Waals surface area contributed by atoms with Crippen molar-refractivity contribution in [1.82, 2.24) is 10.1 Å². The normalized spacial score (nSPS) is 11.7. The molecule has 5 nitrogen and oxygen atoms in total. The summed E-state index contributed by atoms with van der Waals surface area (Å²) in [6.45, 7) is 0.00751. The van der Waals surface area contributed by atoms with Crippen molar-refractivity contribution in [3.05, 3.63) is 28.6 Å². The third-order valence-corrected chi connectivity index (χ3v) is 2.77. The zero-order valence-corrected chi connectivity index (χ0v) is 10.9. The van der Waals surface area contributed by atoms with Crippen molar-refractivity contribution < 1.29 is 22.4 Å². The largest absolute Gasteiger partial charge is 0.496 e. The Bertz CT molecular complexity index is 628. The van der Waals surface area contributed by atoms with E-state index in [-0.39, 0.29) is 34.6 Å². The second kappa shape index (κ2) is 5.29. The molecule has 2 aromatic rings. The number of aromatic nitrogens is 2. The van der Waals surface area contributed by atoms with Crippen LogP contribution in [0.15, 0.2) is 16.7 Å². The number of hydrogen-bond acceptors (Lipinski definition) is 5. The number of hydrogen-bond donors (Lipinski definition) is 1. The summed E-state index contributed by atoms with van der Waals surface area (Å²) in [6.07, 6.45) is -4.53. The standard InChI is InChI=1S/C11H9ClF3N3O2/c1-19-7-3-5(11(13,14)15)2-6(12)9(7)10-17-8(4-16)20-18-10/h2-3H,4,16H2,1H3. The highest BCUT2D eigenvalue weighted by Crippen LogP contribution is 2.40. The smallest absolute Gasteiger partial charge is 0.416 e. The highest BCUT2D eigenvalue weighted by Gasteiger charge is 2.33. The van der Waals surface area contributed by atoms with Gasteiger partial charge in [-0.2, -0.15) is 18.2 Å². The Morgan fingerprint density at radius 2 is 2.10 bits per heavy atom. The topological polar surface area (TPSA) is 74.2 Å². The monoisotopic (exact) mass is 307 g/mol. The van der Waals surface area contributed by atoms with Gasteiger partial charge in [-0.25, -0.2) is 0 Å². The van der Waals surface area contributed by atoms with Gasteiger partial charge in [0, 0.05) is 0 Å². The minimum absolute atomic E-state index is 0.00751. The van der Waals surface area contributed by atoms with E-state index in [4.69, 9.17) is 26.6 Å². The maximum atomic E-state index is 12.7. The van der Waals surface area contributed by atoms with Gasteiger partial charge < -0.3 is 15.0 Å². The quantitative estimate of drug-likeness (QED) is 0.943. The maximum absolute atomic E-state index is 12.7. The molecule has 0 aliphatic carbocycles. The number of halogens is 4. The van der Waals surface area contributed by atoms with E-state index < -0.39 is 11.7 Å². The molecule has 1 aromatic heterocycles. The van der Waals surface area contributed by atoms with E-state index in [1.165, 1.54) is 7.11 Å². The molecule has 2 rings (SSSR count). The number of alkyl halides is 3. The average Bonchev–Trinajstić information content (AvgIpc) is 2.84. The van der Waals surface area contributed by atoms with Crippen LogP contribution in [-0.4, -0.2) is 17.3 Å². The lowest BCUT2D eigenvalue weighted by Crippen LogP contribution is -2.06. The Labute approximate surface area is 116 Å². The summed E-state index contributed by atoms with van der Waals surface area (Å²) in [5, 5.41) is 3.41. The average molecular weight is 308 g/mol. The molecule has 2 N–H and O–H groups in total. The molecule has 0 aliphatic rings. The molecular weight excluding hydrogens is 299 g/mol. The number of ether oxygens (including phenoxy) is 1. The summed E-state index contributed by atoms with van der Waals surface area (Å²) in [5.41, 5.74) is 4.51. The zero-order chi connectivity index (χ0) is 14.9. The van der Waals surface area contributed by atoms with Gasteiger partial charge in [-0.15, -0.1) is 0 Å². The van der Waals surface area contributed by atoms with Crippen LogP contribution in [-0.2, 0) is 12.7 Å². The first-order valence-electron chi connectivity index (χ1n) is 5.34. The van der Waals surface area contributed by atoms with E-state index in [0.29, 0.717) is 0 Å². The molecule has 1 aromatic carbocycles. The van der Waals surface area contributed by atoms with E-state index in [2.05, 4.69) is 10.1 Å². The fourth-order valence-corrected chi connectivity index (χ4v) is 1.86. The van der Waals surface area contributed by atoms with Gasteiger partial charge in [0.05, 0.1) is 29.8 Å². The van der Waals surface area contributed by atoms with E-state index in [0.717, 1.165) is 12.1 Å². The highest BCUT2D eigenvalue weighted by molar-refractivity contribution is 6.33. The Morgan fingerprint density at radius 1 is 1.40 bits per heavy atom. The highest BCUT2D eigenvalue weighted by atomic mass is 35.5. The predicted octanol–water partition coefficient (Wildman–Crippen LogP) is 2.88. The number of methoxy groups -OCH3 is 1. The first-order chi connectivity index (χ1) is 9.36. The first kappa shape index (κ1) is 14.6. The van der Waals surface area contributed by atoms with Gasteiger partial charge in [-0.1, -0.05) is 16.8 Å². The second-order valence-corrected chi connectivity index (χ2v) is 4.16. The molecule has 0 amide bonds. The van der Waals surface area contributed by atoms with Crippen LogP contribution < -0.4 is 10.5 Å². The summed E-state index contributed by atoms with van der Waals surface area (Å²) in [4.78, 5) is 3.91. The van der Waals surface area contributed by atoms with Crippen LogP contribution in [0.2, 0.25) is 5.02 Å². The van der Waals surface area contributed by atoms with Gasteiger partial charge in [0.15, 0.2) is 0 Å². The third-order valence-electron chi connectivity index (χ3n) is 2.47. The lowest BCUT2D eigenvalue weighted by atomic mass is 10.1. The van der Waals surface area contributed by atoms with Crippen molar-refractivity contribution >= 4 is 11.6 Å². The van der Waals surface area contributed by atoms with Crippen molar-refractivity contribution in [1.29, 1.82) is 0 Å². The van der Waals surface area contributed by atoms with Crippen LogP contribution >= 0.6 is 11.6 Å². The predicted molar refractivity (Wildman–Crippen MR) is 64.2 cm³/mol. The molecule has 0 saturated carbocycles. The molecule has 0 saturated heterocycles. The number of nitrogens with two attached hydrogens (primary N) is 1. The molecule has 1 heterocycles. The molecule has 0 radical (unpaired) electrons. The van der Waals surface area contributed by atoms with Crippen LogP contribution in [0.1, 0.15) is 11.5 Å². The Hall–Kier alpha value is -1.80. The molecule has 0 fully saturated rings. The zero-order valence-electron chi connectivity index (χ0n) is 10.2. The Balaban J connectivity index is 2.58. The van der Waals surface area contributed by atoms with Gasteiger partial charge >= 0.3 is 6.18 Å². The molecule has 0 unspecified atom stereocenters. The first-order valence-corrected chi connectivity index (χ1v) is 5.72. The molecule has 108 valence electrons. The van der Waals surface area contributed by atoms with E-state index in [1.807, 2.05) is 0 Å². The fourth-order valence-electron chi connectivity index (χ4n) is 1.56. The third kappa shape index (κ3) is 2.70. The lowest BCUT2D eigenvalue weighted by molar-refractivity contribution is -0.137. The van der Waals surface area contributed by atoms with Crippen LogP contribution in [0.3, 0.4) is 0 Å². The second-order valence-electron chi connectivity index (χ2n) is 3.75. The van der Waals surface area contributed by atoms with Crippen molar-refractivity contribution in [2.45, 2.75) is 12.7 Å². The molecule has 20 heavy (non-hydrogen) atoms. The van der Waals surface area contributed by atoms with Crippen molar-refractivity contribution in [2.75, 3.05) is 7.11 Å². The van der Waals surface area contributed by atoms with E-state index in [1.54, 1.807) is 0 Å². The van der Waals surface area contributed by atoms with Crippen molar-refractivity contribution in [3.63, 3.8) is 0 Å². The van der Waals surface area contributed by atoms with Gasteiger partial charge in [0.25, 0.3) is 0 Å². The molecule has 0 aliphatic heterocycles. The van der Waals surface area contributed by atoms with Gasteiger partial charge in [0.2, 0.25) is 11.7 Å². The van der Waals surface area contributed by atoms with Gasteiger partial charge in [-0.3, -0.25) is 0 Å². The van der Waals surface area contributed by atoms with Crippen LogP contribution in [0, 0.1) is 0 Å². The van der Waals surface area contributed by atoms with Crippen LogP contribution in [0.25, 0.3) is 11.4 Å². The van der Waals surface area contributed by atoms with E-state index >= 15 is 0 Å². The summed E-state index contributed by atoms with van der Waals surface area (Å²) < 4.78 is 47.8. The van der Waals surface area contributed by atoms with E-state index in [9.17, 15) is 13.2 Å². The maximum Gasteiger partial charge on any atom is 0.416 e. The van der Waals surface area contributed by atoms with Gasteiger partial charge in [-0.05, 0) is 12.1 Å². The Kier molecular flexibility index (Phi) is 3.87. The van der Waals surface area contributed by atoms with Crippen molar-refractivity contribution in [3.8, 4) is 17.1 Å². The van der Waals surface area contributed by atoms with Gasteiger partial charge in [0.1, 0.15) is 5.75 Å². The number of rotatable bonds is 3. The minimum atomic E-state index is -4.53. The molecule has 0 atom stereocenters. The molecule has 9 heteroatoms. The molecule has 0 spiro atoms. The number of nitrogens with zero attached hydrogens (tertiary/aromatic N) is 2. The Morgan fingerprint density at radius 3 is 2.60 bits per heavy atom. The summed E-state index contributed by atoms with van der Waals surface area (Å²) in [7, 11) is 1.22. The van der Waals surface area contributed by atoms with Crippen LogP contribution in [0.4, 0.5) is 13.2 Å². The SMILES string of the molecule is COc1cc(C(F)(F)F)cc(Cl)c1-c1noc(CN)n1. The minimum Gasteiger partial charge on any atom is -0.496 e. The number of benzene rings is 1. The fraction of sp³-hybridized carbons (Fsp3) is 0.273. The van der Waals surface area contributed by atoms with Crippen molar-refractivity contribution in [2.24, 2.45) is 5.73 Å². The summed E-state index contributed by atoms with van der Waals surface area (Å²) in [5.74, 6) is 0.0493. The molecular formula is C11H9ClF3N3O2. The van der Waals surface area contributed by atoms with Crippen LogP contribution in [0.5, 0.6) is 5.75 Å². The summed E-state index contributed by atoms with van der Waals surface area (Å²) >= 11 is 5.87.